The van der Waals surface area contributed by atoms with E-state index in [1.807, 2.05) is 0 Å². The van der Waals surface area contributed by atoms with E-state index in [1.165, 1.54) is 25.0 Å². The van der Waals surface area contributed by atoms with E-state index in [0.29, 0.717) is 5.70 Å². The van der Waals surface area contributed by atoms with Gasteiger partial charge in [-0.05, 0) is 0 Å². The van der Waals surface area contributed by atoms with Gasteiger partial charge in [0.1, 0.15) is 0 Å². The molecule has 0 aliphatic heterocycles. The number of hydrogen-bond acceptors (Lipinski definition) is 3. The molecule has 0 saturated carbocycles. The van der Waals surface area contributed by atoms with Crippen LogP contribution in [0.25, 0.3) is 0 Å². The van der Waals surface area contributed by atoms with Gasteiger partial charge in [0.25, 0.3) is 0 Å². The summed E-state index contributed by atoms with van der Waals surface area (Å²) >= 11 is 0. The average molecular weight is 190 g/mol. The van der Waals surface area contributed by atoms with Crippen LogP contribution in [0.3, 0.4) is 0 Å². The van der Waals surface area contributed by atoms with Crippen molar-refractivity contribution in [3.05, 3.63) is 35.8 Å². The van der Waals surface area contributed by atoms with Crippen molar-refractivity contribution in [2.45, 2.75) is 6.92 Å². The van der Waals surface area contributed by atoms with Gasteiger partial charge in [-0.3, -0.25) is 0 Å². The predicted octanol–water partition coefficient (Wildman–Crippen LogP) is 0.647. The molecule has 3 nitrogen and oxygen atoms in total. The second kappa shape index (κ2) is 6.89. The third-order valence-electron chi connectivity index (χ3n) is 1.39. The molecule has 14 heavy (non-hydrogen) atoms. The second-order valence-corrected chi connectivity index (χ2v) is 2.54. The molecule has 0 heterocycles. The molecule has 73 valence electrons. The van der Waals surface area contributed by atoms with E-state index in [9.17, 15) is 9.90 Å². The van der Waals surface area contributed by atoms with Crippen LogP contribution in [-0.2, 0) is 4.79 Å². The van der Waals surface area contributed by atoms with Gasteiger partial charge < -0.3 is 0 Å². The molecule has 2 N–H and O–H groups in total. The first-order valence-corrected chi connectivity index (χ1v) is 4.13. The fourth-order valence-electron chi connectivity index (χ4n) is 0.758. The van der Waals surface area contributed by atoms with Crippen molar-refractivity contribution in [1.82, 2.24) is 5.32 Å². The van der Waals surface area contributed by atoms with Crippen LogP contribution in [0.1, 0.15) is 6.92 Å². The molecule has 4 heteroatoms. The summed E-state index contributed by atoms with van der Waals surface area (Å²) < 4.78 is 0. The molecule has 0 fully saturated rings. The van der Waals surface area contributed by atoms with Crippen LogP contribution < -0.4 is 5.32 Å². The Bertz CT molecular complexity index is 303. The number of aliphatic hydroxyl groups excluding tert-OH is 1. The van der Waals surface area contributed by atoms with E-state index in [2.05, 4.69) is 5.32 Å². The van der Waals surface area contributed by atoms with E-state index >= 15 is 0 Å². The Balaban J connectivity index is 4.63. The van der Waals surface area contributed by atoms with Gasteiger partial charge >= 0.3 is 84.2 Å². The molecule has 0 bridgehead atoms. The summed E-state index contributed by atoms with van der Waals surface area (Å²) in [4.78, 5) is 10.6. The maximum absolute atomic E-state index is 10.6. The van der Waals surface area contributed by atoms with Crippen molar-refractivity contribution in [1.29, 1.82) is 0 Å². The number of aliphatic hydroxyl groups is 1. The molecule has 0 aromatic carbocycles. The van der Waals surface area contributed by atoms with Crippen molar-refractivity contribution in [2.75, 3.05) is 7.05 Å². The van der Waals surface area contributed by atoms with Gasteiger partial charge in [-0.25, -0.2) is 0 Å². The Morgan fingerprint density at radius 3 is 2.50 bits per heavy atom. The van der Waals surface area contributed by atoms with Gasteiger partial charge in [-0.2, -0.15) is 0 Å². The molecule has 0 rings (SSSR count). The Labute approximate surface area is 84.9 Å². The summed E-state index contributed by atoms with van der Waals surface area (Å²) in [5.41, 5.74) is 0.490. The van der Waals surface area contributed by atoms with Gasteiger partial charge in [0.2, 0.25) is 0 Å². The topological polar surface area (TPSA) is 49.3 Å². The maximum atomic E-state index is 10.6. The van der Waals surface area contributed by atoms with E-state index in [-0.39, 0.29) is 11.5 Å². The molecule has 0 aliphatic rings. The summed E-state index contributed by atoms with van der Waals surface area (Å²) in [5.74, 6) is 1.20. The number of ketones is 1. The van der Waals surface area contributed by atoms with Gasteiger partial charge in [0.15, 0.2) is 0 Å². The number of nitrogens with one attached hydrogen (secondary N) is 1. The van der Waals surface area contributed by atoms with Crippen LogP contribution in [0, 0.1) is 0 Å². The van der Waals surface area contributed by atoms with Crippen LogP contribution in [0.5, 0.6) is 0 Å². The fraction of sp³-hybridized carbons (Fsp3) is 0.200. The zero-order valence-electron chi connectivity index (χ0n) is 8.32. The molecule has 0 aliphatic carbocycles. The van der Waals surface area contributed by atoms with Crippen LogP contribution in [-0.4, -0.2) is 31.4 Å². The normalized spacial score (nSPS) is 12.9. The number of carbonyl (C=O) groups is 1. The first kappa shape index (κ1) is 12.4. The zero-order chi connectivity index (χ0) is 11.0. The van der Waals surface area contributed by atoms with Crippen LogP contribution in [0.15, 0.2) is 35.8 Å². The number of hydrogen-bond donors (Lipinski definition) is 2. The summed E-state index contributed by atoms with van der Waals surface area (Å²) in [7, 11) is 6.77. The van der Waals surface area contributed by atoms with Gasteiger partial charge in [-0.1, -0.05) is 0 Å². The average Bonchev–Trinajstić information content (AvgIpc) is 2.12. The standard InChI is InChI=1S/C10H13BNO2/c1-8(13)4-3-5-9(12-2)10(14)6-7-11/h3-7,12,14H,1-2H3/b4-3+,9-5+,10-6+. The predicted molar refractivity (Wildman–Crippen MR) is 59.5 cm³/mol. The van der Waals surface area contributed by atoms with Crippen LogP contribution in [0.2, 0.25) is 0 Å². The van der Waals surface area contributed by atoms with Gasteiger partial charge in [0.05, 0.1) is 0 Å². The third-order valence-corrected chi connectivity index (χ3v) is 1.39. The van der Waals surface area contributed by atoms with Crippen molar-refractivity contribution >= 4 is 19.2 Å². The molecule has 0 saturated heterocycles. The Morgan fingerprint density at radius 2 is 2.07 bits per heavy atom. The second-order valence-electron chi connectivity index (χ2n) is 2.54. The first-order valence-electron chi connectivity index (χ1n) is 4.13. The summed E-state index contributed by atoms with van der Waals surface area (Å²) in [6.45, 7) is 1.45. The Morgan fingerprint density at radius 1 is 1.43 bits per heavy atom. The quantitative estimate of drug-likeness (QED) is 0.289. The molecule has 0 atom stereocenters. The first-order chi connectivity index (χ1) is 6.61. The molecular formula is C10H13BNO2. The molecule has 1 radical (unpaired) electrons. The number of carbonyl (C=O) groups excluding carboxylic acids is 1. The molecular weight excluding hydrogens is 177 g/mol. The summed E-state index contributed by atoms with van der Waals surface area (Å²) in [6, 6.07) is 0. The van der Waals surface area contributed by atoms with Crippen molar-refractivity contribution in [3.63, 3.8) is 0 Å². The van der Waals surface area contributed by atoms with E-state index < -0.39 is 0 Å². The minimum absolute atomic E-state index is 0.0169. The van der Waals surface area contributed by atoms with Gasteiger partial charge in [-0.15, -0.1) is 0 Å². The van der Waals surface area contributed by atoms with Crippen LogP contribution in [0.4, 0.5) is 0 Å². The molecule has 0 spiro atoms. The van der Waals surface area contributed by atoms with Crippen molar-refractivity contribution in [3.8, 4) is 0 Å². The Kier molecular flexibility index (Phi) is 6.11. The monoisotopic (exact) mass is 190 g/mol. The number of likely N-dealkylation sites (N-methyl/N-ethyl adjacent to an activating group) is 1. The molecule has 0 aromatic rings. The van der Waals surface area contributed by atoms with Gasteiger partial charge in [0, 0.05) is 0 Å². The van der Waals surface area contributed by atoms with E-state index in [1.54, 1.807) is 19.2 Å². The number of rotatable bonds is 5. The van der Waals surface area contributed by atoms with E-state index in [4.69, 9.17) is 7.49 Å². The molecule has 0 amide bonds. The molecule has 0 aromatic heterocycles. The zero-order valence-corrected chi connectivity index (χ0v) is 8.32. The Hall–Kier alpha value is -1.58. The summed E-state index contributed by atoms with van der Waals surface area (Å²) in [5, 5.41) is 12.1. The summed E-state index contributed by atoms with van der Waals surface area (Å²) in [6.07, 6.45) is 5.88. The fourth-order valence-corrected chi connectivity index (χ4v) is 0.758. The SMILES string of the molecule is [B]=C\C=C(O)/C(=C\C=C\C(C)=O)NC. The van der Waals surface area contributed by atoms with E-state index in [0.717, 1.165) is 0 Å². The third kappa shape index (κ3) is 5.14. The van der Waals surface area contributed by atoms with Crippen molar-refractivity contribution < 1.29 is 9.90 Å². The van der Waals surface area contributed by atoms with Crippen molar-refractivity contribution in [2.24, 2.45) is 0 Å². The minimum atomic E-state index is -0.0504. The number of allylic oxidation sites excluding steroid dienone is 4. The van der Waals surface area contributed by atoms with Crippen LogP contribution >= 0.6 is 0 Å². The molecule has 0 unspecified atom stereocenters.